The molecule has 4 heterocycles. The summed E-state index contributed by atoms with van der Waals surface area (Å²) in [7, 11) is 0. The van der Waals surface area contributed by atoms with Crippen LogP contribution >= 0.6 is 0 Å². The Balaban J connectivity index is 1.45. The SMILES string of the molecule is CCOC[C@H]1O[C@@H](n2cnc3c(NC(=O)c4ccccc4)ncnc32)[C@@H]2OC(C)(C)O[C@@H]21. The Bertz CT molecular complexity index is 1120. The summed E-state index contributed by atoms with van der Waals surface area (Å²) in [6.45, 7) is 6.67. The van der Waals surface area contributed by atoms with Crippen molar-refractivity contribution in [1.29, 1.82) is 0 Å². The monoisotopic (exact) mass is 439 g/mol. The fourth-order valence-corrected chi connectivity index (χ4v) is 4.15. The molecule has 2 aliphatic rings. The number of carbonyl (C=O) groups excluding carboxylic acids is 1. The second-order valence-corrected chi connectivity index (χ2v) is 8.16. The summed E-state index contributed by atoms with van der Waals surface area (Å²) >= 11 is 0. The Morgan fingerprint density at radius 1 is 1.16 bits per heavy atom. The highest BCUT2D eigenvalue weighted by atomic mass is 16.8. The number of imidazole rings is 1. The van der Waals surface area contributed by atoms with Crippen LogP contribution in [0, 0.1) is 0 Å². The molecule has 168 valence electrons. The number of fused-ring (bicyclic) bond motifs is 2. The van der Waals surface area contributed by atoms with E-state index in [2.05, 4.69) is 20.3 Å². The summed E-state index contributed by atoms with van der Waals surface area (Å²) in [5, 5.41) is 2.82. The van der Waals surface area contributed by atoms with Crippen LogP contribution < -0.4 is 5.32 Å². The Labute approximate surface area is 184 Å². The van der Waals surface area contributed by atoms with Crippen LogP contribution in [-0.2, 0) is 18.9 Å². The van der Waals surface area contributed by atoms with E-state index in [1.54, 1.807) is 35.2 Å². The maximum Gasteiger partial charge on any atom is 0.256 e. The number of nitrogens with zero attached hydrogens (tertiary/aromatic N) is 4. The van der Waals surface area contributed by atoms with Crippen LogP contribution in [0.25, 0.3) is 11.2 Å². The number of ether oxygens (including phenoxy) is 4. The van der Waals surface area contributed by atoms with Crippen LogP contribution in [0.2, 0.25) is 0 Å². The smallest absolute Gasteiger partial charge is 0.256 e. The van der Waals surface area contributed by atoms with E-state index >= 15 is 0 Å². The summed E-state index contributed by atoms with van der Waals surface area (Å²) in [4.78, 5) is 25.7. The number of anilines is 1. The van der Waals surface area contributed by atoms with Crippen LogP contribution in [0.5, 0.6) is 0 Å². The third kappa shape index (κ3) is 3.75. The van der Waals surface area contributed by atoms with Gasteiger partial charge in [0.1, 0.15) is 24.6 Å². The molecule has 1 amide bonds. The lowest BCUT2D eigenvalue weighted by Crippen LogP contribution is -2.32. The number of nitrogens with one attached hydrogen (secondary N) is 1. The van der Waals surface area contributed by atoms with Crippen molar-refractivity contribution in [3.8, 4) is 0 Å². The molecule has 0 bridgehead atoms. The van der Waals surface area contributed by atoms with Gasteiger partial charge in [-0.15, -0.1) is 0 Å². The van der Waals surface area contributed by atoms with Crippen molar-refractivity contribution in [2.24, 2.45) is 0 Å². The predicted molar refractivity (Wildman–Crippen MR) is 114 cm³/mol. The van der Waals surface area contributed by atoms with E-state index in [1.807, 2.05) is 26.8 Å². The summed E-state index contributed by atoms with van der Waals surface area (Å²) in [6.07, 6.45) is 1.58. The summed E-state index contributed by atoms with van der Waals surface area (Å²) in [6, 6.07) is 8.92. The number of hydrogen-bond acceptors (Lipinski definition) is 8. The predicted octanol–water partition coefficient (Wildman–Crippen LogP) is 2.53. The average molecular weight is 439 g/mol. The molecule has 2 aromatic heterocycles. The molecule has 0 radical (unpaired) electrons. The second kappa shape index (κ2) is 8.21. The first-order chi connectivity index (χ1) is 15.5. The Morgan fingerprint density at radius 2 is 1.94 bits per heavy atom. The molecular weight excluding hydrogens is 414 g/mol. The molecule has 1 aromatic carbocycles. The molecule has 2 saturated heterocycles. The van der Waals surface area contributed by atoms with Crippen molar-refractivity contribution < 1.29 is 23.7 Å². The third-order valence-corrected chi connectivity index (χ3v) is 5.51. The fourth-order valence-electron chi connectivity index (χ4n) is 4.15. The van der Waals surface area contributed by atoms with Crippen LogP contribution in [0.15, 0.2) is 43.0 Å². The zero-order chi connectivity index (χ0) is 22.3. The zero-order valence-corrected chi connectivity index (χ0v) is 18.1. The van der Waals surface area contributed by atoms with Gasteiger partial charge in [0.2, 0.25) is 0 Å². The lowest BCUT2D eigenvalue weighted by Gasteiger charge is -2.24. The molecule has 2 fully saturated rings. The van der Waals surface area contributed by atoms with Crippen molar-refractivity contribution in [2.45, 2.75) is 51.1 Å². The van der Waals surface area contributed by atoms with Gasteiger partial charge in [-0.1, -0.05) is 18.2 Å². The van der Waals surface area contributed by atoms with E-state index in [-0.39, 0.29) is 24.2 Å². The number of carbonyl (C=O) groups is 1. The van der Waals surface area contributed by atoms with Gasteiger partial charge < -0.3 is 24.3 Å². The van der Waals surface area contributed by atoms with Gasteiger partial charge >= 0.3 is 0 Å². The highest BCUT2D eigenvalue weighted by Gasteiger charge is 2.56. The molecule has 4 atom stereocenters. The van der Waals surface area contributed by atoms with Gasteiger partial charge in [-0.2, -0.15) is 0 Å². The summed E-state index contributed by atoms with van der Waals surface area (Å²) < 4.78 is 25.9. The molecule has 0 saturated carbocycles. The normalized spacial score (nSPS) is 26.3. The third-order valence-electron chi connectivity index (χ3n) is 5.51. The standard InChI is InChI=1S/C22H25N5O5/c1-4-29-10-14-16-17(32-22(2,3)31-16)21(30-14)27-12-25-15-18(23-11-24-19(15)27)26-20(28)13-8-6-5-7-9-13/h5-9,11-12,14,16-17,21H,4,10H2,1-3H3,(H,23,24,26,28)/t14-,16-,17-,21-/m1/s1. The molecule has 10 heteroatoms. The minimum absolute atomic E-state index is 0.275. The van der Waals surface area contributed by atoms with Gasteiger partial charge in [-0.05, 0) is 32.9 Å². The first kappa shape index (κ1) is 21.0. The molecule has 5 rings (SSSR count). The number of amides is 1. The van der Waals surface area contributed by atoms with Gasteiger partial charge in [0.15, 0.2) is 29.0 Å². The van der Waals surface area contributed by atoms with E-state index in [4.69, 9.17) is 18.9 Å². The van der Waals surface area contributed by atoms with E-state index < -0.39 is 12.0 Å². The van der Waals surface area contributed by atoms with Crippen LogP contribution in [0.3, 0.4) is 0 Å². The minimum Gasteiger partial charge on any atom is -0.379 e. The zero-order valence-electron chi connectivity index (χ0n) is 18.1. The molecule has 32 heavy (non-hydrogen) atoms. The van der Waals surface area contributed by atoms with Gasteiger partial charge in [0.25, 0.3) is 5.91 Å². The van der Waals surface area contributed by atoms with Gasteiger partial charge in [-0.25, -0.2) is 15.0 Å². The van der Waals surface area contributed by atoms with Crippen molar-refractivity contribution in [2.75, 3.05) is 18.5 Å². The quantitative estimate of drug-likeness (QED) is 0.624. The van der Waals surface area contributed by atoms with E-state index in [9.17, 15) is 4.79 Å². The molecular formula is C22H25N5O5. The second-order valence-electron chi connectivity index (χ2n) is 8.16. The lowest BCUT2D eigenvalue weighted by molar-refractivity contribution is -0.201. The molecule has 0 spiro atoms. The molecule has 0 aliphatic carbocycles. The van der Waals surface area contributed by atoms with E-state index in [0.29, 0.717) is 35.8 Å². The highest BCUT2D eigenvalue weighted by Crippen LogP contribution is 2.43. The van der Waals surface area contributed by atoms with Crippen molar-refractivity contribution in [3.63, 3.8) is 0 Å². The Kier molecular flexibility index (Phi) is 5.38. The molecule has 1 N–H and O–H groups in total. The average Bonchev–Trinajstić information content (AvgIpc) is 3.44. The minimum atomic E-state index is -0.734. The Hall–Kier alpha value is -2.92. The number of benzene rings is 1. The van der Waals surface area contributed by atoms with Gasteiger partial charge in [-0.3, -0.25) is 9.36 Å². The first-order valence-corrected chi connectivity index (χ1v) is 10.6. The highest BCUT2D eigenvalue weighted by molar-refractivity contribution is 6.06. The van der Waals surface area contributed by atoms with Crippen LogP contribution in [0.1, 0.15) is 37.4 Å². The van der Waals surface area contributed by atoms with Crippen molar-refractivity contribution in [1.82, 2.24) is 19.5 Å². The molecule has 0 unspecified atom stereocenters. The van der Waals surface area contributed by atoms with Crippen LogP contribution in [-0.4, -0.2) is 62.7 Å². The van der Waals surface area contributed by atoms with Crippen molar-refractivity contribution >= 4 is 22.9 Å². The lowest BCUT2D eigenvalue weighted by atomic mass is 10.1. The maximum atomic E-state index is 12.6. The largest absolute Gasteiger partial charge is 0.379 e. The van der Waals surface area contributed by atoms with Crippen molar-refractivity contribution in [3.05, 3.63) is 48.5 Å². The van der Waals surface area contributed by atoms with Gasteiger partial charge in [0, 0.05) is 12.2 Å². The topological polar surface area (TPSA) is 110 Å². The van der Waals surface area contributed by atoms with E-state index in [0.717, 1.165) is 0 Å². The maximum absolute atomic E-state index is 12.6. The van der Waals surface area contributed by atoms with Gasteiger partial charge in [0.05, 0.1) is 12.9 Å². The summed E-state index contributed by atoms with van der Waals surface area (Å²) in [5.74, 6) is -0.683. The van der Waals surface area contributed by atoms with E-state index in [1.165, 1.54) is 6.33 Å². The first-order valence-electron chi connectivity index (χ1n) is 10.6. The number of rotatable bonds is 6. The molecule has 2 aliphatic heterocycles. The number of aromatic nitrogens is 4. The molecule has 3 aromatic rings. The van der Waals surface area contributed by atoms with Crippen LogP contribution in [0.4, 0.5) is 5.82 Å². The Morgan fingerprint density at radius 3 is 2.72 bits per heavy atom. The fraction of sp³-hybridized carbons (Fsp3) is 0.455. The molecule has 10 nitrogen and oxygen atoms in total. The number of hydrogen-bond donors (Lipinski definition) is 1. The summed E-state index contributed by atoms with van der Waals surface area (Å²) in [5.41, 5.74) is 1.51.